The van der Waals surface area contributed by atoms with Gasteiger partial charge in [0.1, 0.15) is 0 Å². The van der Waals surface area contributed by atoms with E-state index in [4.69, 9.17) is 0 Å². The fourth-order valence-corrected chi connectivity index (χ4v) is 0.957. The summed E-state index contributed by atoms with van der Waals surface area (Å²) in [5.74, 6) is 0. The molecule has 1 rings (SSSR count). The molecule has 0 saturated heterocycles. The SMILES string of the molecule is CNC1(CCF)CC1. The van der Waals surface area contributed by atoms with Gasteiger partial charge in [0.2, 0.25) is 0 Å². The van der Waals surface area contributed by atoms with Gasteiger partial charge < -0.3 is 5.32 Å². The van der Waals surface area contributed by atoms with Gasteiger partial charge in [-0.3, -0.25) is 4.39 Å². The van der Waals surface area contributed by atoms with Crippen molar-refractivity contribution < 1.29 is 4.39 Å². The fourth-order valence-electron chi connectivity index (χ4n) is 0.957. The summed E-state index contributed by atoms with van der Waals surface area (Å²) in [6.07, 6.45) is 3.02. The van der Waals surface area contributed by atoms with Gasteiger partial charge in [-0.15, -0.1) is 0 Å². The Labute approximate surface area is 49.3 Å². The van der Waals surface area contributed by atoms with Crippen LogP contribution in [0.25, 0.3) is 0 Å². The molecule has 1 aliphatic carbocycles. The molecule has 1 saturated carbocycles. The van der Waals surface area contributed by atoms with Gasteiger partial charge in [0.15, 0.2) is 0 Å². The van der Waals surface area contributed by atoms with Crippen LogP contribution in [0, 0.1) is 0 Å². The van der Waals surface area contributed by atoms with Crippen molar-refractivity contribution in [2.75, 3.05) is 13.7 Å². The van der Waals surface area contributed by atoms with Crippen molar-refractivity contribution in [3.63, 3.8) is 0 Å². The molecule has 0 unspecified atom stereocenters. The van der Waals surface area contributed by atoms with Crippen molar-refractivity contribution in [1.82, 2.24) is 5.32 Å². The predicted octanol–water partition coefficient (Wildman–Crippen LogP) is 1.10. The van der Waals surface area contributed by atoms with Gasteiger partial charge in [-0.05, 0) is 26.3 Å². The van der Waals surface area contributed by atoms with Gasteiger partial charge in [0, 0.05) is 5.54 Å². The van der Waals surface area contributed by atoms with Gasteiger partial charge in [-0.2, -0.15) is 0 Å². The number of halogens is 1. The van der Waals surface area contributed by atoms with Crippen LogP contribution in [-0.2, 0) is 0 Å². The van der Waals surface area contributed by atoms with E-state index in [0.717, 1.165) is 12.8 Å². The lowest BCUT2D eigenvalue weighted by Crippen LogP contribution is -2.27. The molecule has 0 aromatic heterocycles. The molecule has 8 heavy (non-hydrogen) atoms. The van der Waals surface area contributed by atoms with E-state index < -0.39 is 0 Å². The fraction of sp³-hybridized carbons (Fsp3) is 1.00. The van der Waals surface area contributed by atoms with Crippen LogP contribution in [0.2, 0.25) is 0 Å². The van der Waals surface area contributed by atoms with Crippen LogP contribution in [0.3, 0.4) is 0 Å². The second kappa shape index (κ2) is 2.02. The van der Waals surface area contributed by atoms with E-state index in [0.29, 0.717) is 6.42 Å². The molecule has 1 fully saturated rings. The van der Waals surface area contributed by atoms with E-state index in [1.54, 1.807) is 0 Å². The van der Waals surface area contributed by atoms with Crippen molar-refractivity contribution >= 4 is 0 Å². The van der Waals surface area contributed by atoms with Crippen LogP contribution in [0.5, 0.6) is 0 Å². The molecule has 0 heterocycles. The summed E-state index contributed by atoms with van der Waals surface area (Å²) in [4.78, 5) is 0. The lowest BCUT2D eigenvalue weighted by atomic mass is 10.2. The minimum Gasteiger partial charge on any atom is -0.314 e. The maximum Gasteiger partial charge on any atom is 0.0912 e. The maximum atomic E-state index is 11.7. The second-order valence-electron chi connectivity index (χ2n) is 2.47. The minimum absolute atomic E-state index is 0.180. The van der Waals surface area contributed by atoms with E-state index in [1.807, 2.05) is 7.05 Å². The summed E-state index contributed by atoms with van der Waals surface area (Å²) in [6.45, 7) is -0.180. The summed E-state index contributed by atoms with van der Waals surface area (Å²) in [6, 6.07) is 0. The Balaban J connectivity index is 2.20. The van der Waals surface area contributed by atoms with E-state index >= 15 is 0 Å². The highest BCUT2D eigenvalue weighted by Crippen LogP contribution is 2.37. The van der Waals surface area contributed by atoms with Crippen LogP contribution in [-0.4, -0.2) is 19.3 Å². The van der Waals surface area contributed by atoms with Crippen molar-refractivity contribution in [2.24, 2.45) is 0 Å². The van der Waals surface area contributed by atoms with Crippen molar-refractivity contribution in [3.05, 3.63) is 0 Å². The van der Waals surface area contributed by atoms with E-state index in [2.05, 4.69) is 5.32 Å². The average Bonchev–Trinajstić information content (AvgIpc) is 2.50. The molecule has 48 valence electrons. The average molecular weight is 117 g/mol. The minimum atomic E-state index is -0.180. The first kappa shape index (κ1) is 6.02. The van der Waals surface area contributed by atoms with Gasteiger partial charge in [-0.1, -0.05) is 0 Å². The molecule has 0 bridgehead atoms. The van der Waals surface area contributed by atoms with Crippen molar-refractivity contribution in [3.8, 4) is 0 Å². The highest BCUT2D eigenvalue weighted by molar-refractivity contribution is 5.00. The number of nitrogens with one attached hydrogen (secondary N) is 1. The zero-order chi connectivity index (χ0) is 6.04. The molecule has 1 N–H and O–H groups in total. The summed E-state index contributed by atoms with van der Waals surface area (Å²) < 4.78 is 11.7. The molecule has 0 amide bonds. The first-order chi connectivity index (χ1) is 3.83. The monoisotopic (exact) mass is 117 g/mol. The summed E-state index contributed by atoms with van der Waals surface area (Å²) in [5, 5.41) is 3.11. The zero-order valence-electron chi connectivity index (χ0n) is 5.21. The lowest BCUT2D eigenvalue weighted by Gasteiger charge is -2.09. The maximum absolute atomic E-state index is 11.7. The summed E-state index contributed by atoms with van der Waals surface area (Å²) in [7, 11) is 1.91. The molecule has 2 heteroatoms. The van der Waals surface area contributed by atoms with Gasteiger partial charge >= 0.3 is 0 Å². The number of rotatable bonds is 3. The Kier molecular flexibility index (Phi) is 1.52. The zero-order valence-corrected chi connectivity index (χ0v) is 5.21. The first-order valence-corrected chi connectivity index (χ1v) is 3.08. The smallest absolute Gasteiger partial charge is 0.0912 e. The normalized spacial score (nSPS) is 23.2. The van der Waals surface area contributed by atoms with Gasteiger partial charge in [-0.25, -0.2) is 0 Å². The van der Waals surface area contributed by atoms with E-state index in [-0.39, 0.29) is 12.2 Å². The third kappa shape index (κ3) is 0.996. The molecule has 1 aliphatic rings. The molecule has 0 aliphatic heterocycles. The first-order valence-electron chi connectivity index (χ1n) is 3.08. The summed E-state index contributed by atoms with van der Waals surface area (Å²) >= 11 is 0. The standard InChI is InChI=1S/C6H12FN/c1-8-6(2-3-6)4-5-7/h8H,2-5H2,1H3. The van der Waals surface area contributed by atoms with Crippen LogP contribution < -0.4 is 5.32 Å². The van der Waals surface area contributed by atoms with Gasteiger partial charge in [0.05, 0.1) is 6.67 Å². The number of alkyl halides is 1. The Morgan fingerprint density at radius 1 is 1.62 bits per heavy atom. The third-order valence-electron chi connectivity index (χ3n) is 1.96. The Bertz CT molecular complexity index is 78.6. The number of hydrogen-bond donors (Lipinski definition) is 1. The highest BCUT2D eigenvalue weighted by atomic mass is 19.1. The van der Waals surface area contributed by atoms with Crippen LogP contribution >= 0.6 is 0 Å². The predicted molar refractivity (Wildman–Crippen MR) is 31.6 cm³/mol. The molecular formula is C6H12FN. The third-order valence-corrected chi connectivity index (χ3v) is 1.96. The molecule has 0 atom stereocenters. The molecule has 0 spiro atoms. The second-order valence-corrected chi connectivity index (χ2v) is 2.47. The van der Waals surface area contributed by atoms with Crippen LogP contribution in [0.15, 0.2) is 0 Å². The Hall–Kier alpha value is -0.110. The quantitative estimate of drug-likeness (QED) is 0.583. The van der Waals surface area contributed by atoms with Crippen molar-refractivity contribution in [1.29, 1.82) is 0 Å². The molecule has 0 radical (unpaired) electrons. The van der Waals surface area contributed by atoms with Crippen molar-refractivity contribution in [2.45, 2.75) is 24.8 Å². The highest BCUT2D eigenvalue weighted by Gasteiger charge is 2.39. The van der Waals surface area contributed by atoms with Crippen LogP contribution in [0.4, 0.5) is 4.39 Å². The van der Waals surface area contributed by atoms with Crippen LogP contribution in [0.1, 0.15) is 19.3 Å². The Morgan fingerprint density at radius 3 is 2.38 bits per heavy atom. The largest absolute Gasteiger partial charge is 0.314 e. The van der Waals surface area contributed by atoms with E-state index in [1.165, 1.54) is 0 Å². The lowest BCUT2D eigenvalue weighted by molar-refractivity contribution is 0.398. The van der Waals surface area contributed by atoms with Gasteiger partial charge in [0.25, 0.3) is 0 Å². The molecule has 0 aromatic carbocycles. The Morgan fingerprint density at radius 2 is 2.25 bits per heavy atom. The summed E-state index contributed by atoms with van der Waals surface area (Å²) in [5.41, 5.74) is 0.217. The molecule has 0 aromatic rings. The molecule has 1 nitrogen and oxygen atoms in total. The van der Waals surface area contributed by atoms with E-state index in [9.17, 15) is 4.39 Å². The number of hydrogen-bond acceptors (Lipinski definition) is 1. The molecular weight excluding hydrogens is 105 g/mol. The topological polar surface area (TPSA) is 12.0 Å².